The number of rotatable bonds is 6. The van der Waals surface area contributed by atoms with Gasteiger partial charge in [0.05, 0.1) is 0 Å². The second kappa shape index (κ2) is 8.19. The molecule has 0 unspecified atom stereocenters. The van der Waals surface area contributed by atoms with Gasteiger partial charge in [-0.05, 0) is 25.5 Å². The first kappa shape index (κ1) is 17.5. The monoisotopic (exact) mass is 339 g/mol. The van der Waals surface area contributed by atoms with Gasteiger partial charge in [0.15, 0.2) is 0 Å². The van der Waals surface area contributed by atoms with Crippen molar-refractivity contribution < 1.29 is 0 Å². The van der Waals surface area contributed by atoms with E-state index in [0.29, 0.717) is 0 Å². The summed E-state index contributed by atoms with van der Waals surface area (Å²) in [7, 11) is 2.12. The highest BCUT2D eigenvalue weighted by atomic mass is 15.3. The molecule has 1 fully saturated rings. The molecule has 0 saturated carbocycles. The molecule has 5 nitrogen and oxygen atoms in total. The van der Waals surface area contributed by atoms with E-state index in [1.807, 2.05) is 0 Å². The lowest BCUT2D eigenvalue weighted by Crippen LogP contribution is -2.47. The Bertz CT molecular complexity index is 665. The molecule has 1 aromatic carbocycles. The summed E-state index contributed by atoms with van der Waals surface area (Å²) in [4.78, 5) is 16.5. The maximum Gasteiger partial charge on any atom is 0.227 e. The van der Waals surface area contributed by atoms with E-state index in [1.54, 1.807) is 0 Å². The molecule has 1 saturated heterocycles. The Morgan fingerprint density at radius 2 is 1.68 bits per heavy atom. The Morgan fingerprint density at radius 3 is 2.36 bits per heavy atom. The van der Waals surface area contributed by atoms with Crippen LogP contribution in [0.25, 0.3) is 0 Å². The average molecular weight is 339 g/mol. The SMILES string of the molecule is CCCCN(C)c1cc(C)nc(N2CCN(c3ccccc3)CC2)n1. The summed E-state index contributed by atoms with van der Waals surface area (Å²) in [5, 5.41) is 0. The molecule has 5 heteroatoms. The second-order valence-corrected chi connectivity index (χ2v) is 6.75. The van der Waals surface area contributed by atoms with Gasteiger partial charge in [-0.1, -0.05) is 31.5 Å². The van der Waals surface area contributed by atoms with E-state index >= 15 is 0 Å². The fourth-order valence-corrected chi connectivity index (χ4v) is 3.19. The highest BCUT2D eigenvalue weighted by Crippen LogP contribution is 2.20. The van der Waals surface area contributed by atoms with Crippen LogP contribution in [0.4, 0.5) is 17.5 Å². The van der Waals surface area contributed by atoms with Crippen molar-refractivity contribution in [2.24, 2.45) is 0 Å². The fraction of sp³-hybridized carbons (Fsp3) is 0.500. The van der Waals surface area contributed by atoms with E-state index in [0.717, 1.165) is 50.2 Å². The summed E-state index contributed by atoms with van der Waals surface area (Å²) in [6.45, 7) is 9.23. The number of hydrogen-bond acceptors (Lipinski definition) is 5. The molecule has 2 heterocycles. The number of piperazine rings is 1. The molecule has 0 spiro atoms. The molecule has 25 heavy (non-hydrogen) atoms. The minimum Gasteiger partial charge on any atom is -0.368 e. The standard InChI is InChI=1S/C20H29N5/c1-4-5-11-23(3)19-16-17(2)21-20(22-19)25-14-12-24(13-15-25)18-9-7-6-8-10-18/h6-10,16H,4-5,11-15H2,1-3H3. The first-order valence-electron chi connectivity index (χ1n) is 9.29. The zero-order chi connectivity index (χ0) is 17.6. The smallest absolute Gasteiger partial charge is 0.227 e. The normalized spacial score (nSPS) is 14.7. The van der Waals surface area contributed by atoms with Gasteiger partial charge in [0.1, 0.15) is 5.82 Å². The molecule has 1 aliphatic heterocycles. The van der Waals surface area contributed by atoms with Crippen molar-refractivity contribution in [1.82, 2.24) is 9.97 Å². The molecule has 3 rings (SSSR count). The van der Waals surface area contributed by atoms with Crippen LogP contribution in [0.5, 0.6) is 0 Å². The summed E-state index contributed by atoms with van der Waals surface area (Å²) >= 11 is 0. The highest BCUT2D eigenvalue weighted by Gasteiger charge is 2.20. The van der Waals surface area contributed by atoms with Crippen molar-refractivity contribution in [2.45, 2.75) is 26.7 Å². The molecule has 0 amide bonds. The van der Waals surface area contributed by atoms with Gasteiger partial charge < -0.3 is 14.7 Å². The summed E-state index contributed by atoms with van der Waals surface area (Å²) in [5.41, 5.74) is 2.33. The van der Waals surface area contributed by atoms with E-state index < -0.39 is 0 Å². The van der Waals surface area contributed by atoms with Crippen LogP contribution < -0.4 is 14.7 Å². The molecule has 2 aromatic rings. The largest absolute Gasteiger partial charge is 0.368 e. The number of anilines is 3. The Kier molecular flexibility index (Phi) is 5.74. The quantitative estimate of drug-likeness (QED) is 0.806. The molecule has 0 N–H and O–H groups in total. The first-order chi connectivity index (χ1) is 12.2. The van der Waals surface area contributed by atoms with Gasteiger partial charge in [0.25, 0.3) is 0 Å². The summed E-state index contributed by atoms with van der Waals surface area (Å²) < 4.78 is 0. The molecule has 0 radical (unpaired) electrons. The molecular weight excluding hydrogens is 310 g/mol. The van der Waals surface area contributed by atoms with Crippen molar-refractivity contribution in [3.05, 3.63) is 42.1 Å². The third kappa shape index (κ3) is 4.41. The Morgan fingerprint density at radius 1 is 1.00 bits per heavy atom. The van der Waals surface area contributed by atoms with E-state index in [2.05, 4.69) is 77.0 Å². The maximum atomic E-state index is 4.83. The second-order valence-electron chi connectivity index (χ2n) is 6.75. The molecular formula is C20H29N5. The third-order valence-electron chi connectivity index (χ3n) is 4.75. The lowest BCUT2D eigenvalue weighted by molar-refractivity contribution is 0.638. The Labute approximate surface area is 151 Å². The molecule has 134 valence electrons. The van der Waals surface area contributed by atoms with E-state index in [9.17, 15) is 0 Å². The Hall–Kier alpha value is -2.30. The molecule has 1 aromatic heterocycles. The fourth-order valence-electron chi connectivity index (χ4n) is 3.19. The minimum atomic E-state index is 0.867. The third-order valence-corrected chi connectivity index (χ3v) is 4.75. The van der Waals surface area contributed by atoms with Crippen LogP contribution in [-0.2, 0) is 0 Å². The first-order valence-corrected chi connectivity index (χ1v) is 9.29. The zero-order valence-corrected chi connectivity index (χ0v) is 15.6. The number of hydrogen-bond donors (Lipinski definition) is 0. The van der Waals surface area contributed by atoms with Crippen LogP contribution in [0, 0.1) is 6.92 Å². The van der Waals surface area contributed by atoms with Gasteiger partial charge in [-0.15, -0.1) is 0 Å². The molecule has 0 bridgehead atoms. The maximum absolute atomic E-state index is 4.83. The number of unbranched alkanes of at least 4 members (excludes halogenated alkanes) is 1. The van der Waals surface area contributed by atoms with Crippen LogP contribution >= 0.6 is 0 Å². The van der Waals surface area contributed by atoms with Gasteiger partial charge in [-0.3, -0.25) is 0 Å². The van der Waals surface area contributed by atoms with Crippen molar-refractivity contribution in [2.75, 3.05) is 54.5 Å². The molecule has 0 aliphatic carbocycles. The highest BCUT2D eigenvalue weighted by molar-refractivity contribution is 5.50. The lowest BCUT2D eigenvalue weighted by atomic mass is 10.2. The number of aryl methyl sites for hydroxylation is 1. The van der Waals surface area contributed by atoms with Crippen molar-refractivity contribution in [3.63, 3.8) is 0 Å². The van der Waals surface area contributed by atoms with Crippen LogP contribution in [0.15, 0.2) is 36.4 Å². The Balaban J connectivity index is 1.67. The van der Waals surface area contributed by atoms with Gasteiger partial charge >= 0.3 is 0 Å². The minimum absolute atomic E-state index is 0.867. The van der Waals surface area contributed by atoms with Gasteiger partial charge in [-0.2, -0.15) is 4.98 Å². The molecule has 1 aliphatic rings. The van der Waals surface area contributed by atoms with Crippen LogP contribution in [-0.4, -0.2) is 49.7 Å². The number of aromatic nitrogens is 2. The predicted molar refractivity (Wildman–Crippen MR) is 106 cm³/mol. The van der Waals surface area contributed by atoms with E-state index in [1.165, 1.54) is 18.5 Å². The van der Waals surface area contributed by atoms with E-state index in [-0.39, 0.29) is 0 Å². The summed E-state index contributed by atoms with van der Waals surface area (Å²) in [5.74, 6) is 1.90. The zero-order valence-electron chi connectivity index (χ0n) is 15.6. The lowest BCUT2D eigenvalue weighted by Gasteiger charge is -2.36. The van der Waals surface area contributed by atoms with E-state index in [4.69, 9.17) is 4.98 Å². The van der Waals surface area contributed by atoms with Crippen LogP contribution in [0.3, 0.4) is 0 Å². The number of nitrogens with zero attached hydrogens (tertiary/aromatic N) is 5. The average Bonchev–Trinajstić information content (AvgIpc) is 2.66. The van der Waals surface area contributed by atoms with Crippen molar-refractivity contribution in [3.8, 4) is 0 Å². The van der Waals surface area contributed by atoms with Crippen LogP contribution in [0.1, 0.15) is 25.5 Å². The van der Waals surface area contributed by atoms with Crippen molar-refractivity contribution >= 4 is 17.5 Å². The van der Waals surface area contributed by atoms with Gasteiger partial charge in [0.2, 0.25) is 5.95 Å². The van der Waals surface area contributed by atoms with Crippen LogP contribution in [0.2, 0.25) is 0 Å². The summed E-state index contributed by atoms with van der Waals surface area (Å²) in [6.07, 6.45) is 2.38. The number of para-hydroxylation sites is 1. The number of benzene rings is 1. The summed E-state index contributed by atoms with van der Waals surface area (Å²) in [6, 6.07) is 12.7. The molecule has 0 atom stereocenters. The van der Waals surface area contributed by atoms with Crippen molar-refractivity contribution in [1.29, 1.82) is 0 Å². The van der Waals surface area contributed by atoms with Gasteiger partial charge in [0, 0.05) is 57.2 Å². The topological polar surface area (TPSA) is 35.5 Å². The predicted octanol–water partition coefficient (Wildman–Crippen LogP) is 3.35. The van der Waals surface area contributed by atoms with Gasteiger partial charge in [-0.25, -0.2) is 4.98 Å².